The second-order valence-electron chi connectivity index (χ2n) is 3.51. The number of aromatic nitrogens is 2. The highest BCUT2D eigenvalue weighted by molar-refractivity contribution is 9.10. The number of nitrogens with zero attached hydrogens (tertiary/aromatic N) is 2. The van der Waals surface area contributed by atoms with Gasteiger partial charge in [-0.1, -0.05) is 0 Å². The summed E-state index contributed by atoms with van der Waals surface area (Å²) in [6.07, 6.45) is 5.08. The molecular formula is C12H10BrClN2O. The fraction of sp³-hybridized carbons (Fsp3) is 0.167. The average molecular weight is 314 g/mol. The minimum atomic E-state index is 0.365. The molecule has 0 N–H and O–H groups in total. The minimum absolute atomic E-state index is 0.365. The minimum Gasteiger partial charge on any atom is -0.455 e. The molecule has 17 heavy (non-hydrogen) atoms. The average Bonchev–Trinajstić information content (AvgIpc) is 2.29. The molecule has 0 aliphatic heterocycles. The maximum atomic E-state index is 5.84. The van der Waals surface area contributed by atoms with E-state index in [2.05, 4.69) is 25.9 Å². The van der Waals surface area contributed by atoms with Gasteiger partial charge in [0.15, 0.2) is 0 Å². The highest BCUT2D eigenvalue weighted by Gasteiger charge is 2.06. The number of rotatable bonds is 3. The van der Waals surface area contributed by atoms with Gasteiger partial charge >= 0.3 is 0 Å². The lowest BCUT2D eigenvalue weighted by Crippen LogP contribution is -1.93. The van der Waals surface area contributed by atoms with E-state index in [1.165, 1.54) is 0 Å². The van der Waals surface area contributed by atoms with Crippen molar-refractivity contribution in [1.29, 1.82) is 0 Å². The van der Waals surface area contributed by atoms with Gasteiger partial charge in [-0.3, -0.25) is 9.97 Å². The predicted molar refractivity (Wildman–Crippen MR) is 70.5 cm³/mol. The molecule has 0 aliphatic carbocycles. The molecule has 0 bridgehead atoms. The smallest absolute Gasteiger partial charge is 0.146 e. The van der Waals surface area contributed by atoms with Gasteiger partial charge < -0.3 is 4.74 Å². The molecule has 2 heterocycles. The molecule has 0 atom stereocenters. The molecule has 0 unspecified atom stereocenters. The van der Waals surface area contributed by atoms with Crippen molar-refractivity contribution >= 4 is 27.5 Å². The summed E-state index contributed by atoms with van der Waals surface area (Å²) in [5.74, 6) is 1.74. The van der Waals surface area contributed by atoms with Crippen molar-refractivity contribution in [3.05, 3.63) is 46.5 Å². The number of pyridine rings is 2. The molecule has 5 heteroatoms. The lowest BCUT2D eigenvalue weighted by molar-refractivity contribution is 0.474. The van der Waals surface area contributed by atoms with E-state index in [1.807, 2.05) is 19.1 Å². The maximum absolute atomic E-state index is 5.84. The van der Waals surface area contributed by atoms with Gasteiger partial charge in [0, 0.05) is 34.2 Å². The van der Waals surface area contributed by atoms with E-state index >= 15 is 0 Å². The van der Waals surface area contributed by atoms with Gasteiger partial charge in [-0.2, -0.15) is 0 Å². The first-order valence-electron chi connectivity index (χ1n) is 4.99. The molecule has 88 valence electrons. The topological polar surface area (TPSA) is 35.0 Å². The molecule has 2 aromatic rings. The Bertz CT molecular complexity index is 534. The van der Waals surface area contributed by atoms with Crippen molar-refractivity contribution in [2.75, 3.05) is 0 Å². The van der Waals surface area contributed by atoms with Crippen molar-refractivity contribution in [1.82, 2.24) is 9.97 Å². The van der Waals surface area contributed by atoms with Gasteiger partial charge in [0.05, 0.1) is 12.1 Å². The van der Waals surface area contributed by atoms with Crippen molar-refractivity contribution in [2.24, 2.45) is 0 Å². The number of alkyl halides is 1. The summed E-state index contributed by atoms with van der Waals surface area (Å²) >= 11 is 9.18. The Kier molecular flexibility index (Phi) is 3.97. The first-order valence-corrected chi connectivity index (χ1v) is 6.31. The van der Waals surface area contributed by atoms with Gasteiger partial charge in [-0.15, -0.1) is 11.6 Å². The third-order valence-corrected chi connectivity index (χ3v) is 2.85. The Morgan fingerprint density at radius 2 is 2.12 bits per heavy atom. The van der Waals surface area contributed by atoms with Crippen LogP contribution in [0.1, 0.15) is 11.3 Å². The molecule has 2 aromatic heterocycles. The van der Waals surface area contributed by atoms with E-state index < -0.39 is 0 Å². The second kappa shape index (κ2) is 5.47. The lowest BCUT2D eigenvalue weighted by Gasteiger charge is -2.09. The number of ether oxygens (including phenoxy) is 1. The first kappa shape index (κ1) is 12.3. The largest absolute Gasteiger partial charge is 0.455 e. The summed E-state index contributed by atoms with van der Waals surface area (Å²) in [7, 11) is 0. The van der Waals surface area contributed by atoms with E-state index in [9.17, 15) is 0 Å². The van der Waals surface area contributed by atoms with Crippen LogP contribution in [0.25, 0.3) is 0 Å². The van der Waals surface area contributed by atoms with Crippen LogP contribution in [0.3, 0.4) is 0 Å². The van der Waals surface area contributed by atoms with Gasteiger partial charge in [0.1, 0.15) is 11.5 Å². The summed E-state index contributed by atoms with van der Waals surface area (Å²) in [6, 6.07) is 3.71. The van der Waals surface area contributed by atoms with Crippen LogP contribution in [0.4, 0.5) is 0 Å². The molecular weight excluding hydrogens is 304 g/mol. The zero-order valence-corrected chi connectivity index (χ0v) is 11.5. The lowest BCUT2D eigenvalue weighted by atomic mass is 10.2. The summed E-state index contributed by atoms with van der Waals surface area (Å²) in [4.78, 5) is 8.22. The van der Waals surface area contributed by atoms with Gasteiger partial charge in [0.25, 0.3) is 0 Å². The van der Waals surface area contributed by atoms with Crippen LogP contribution in [0.15, 0.2) is 35.2 Å². The molecule has 0 radical (unpaired) electrons. The van der Waals surface area contributed by atoms with E-state index in [0.29, 0.717) is 17.4 Å². The van der Waals surface area contributed by atoms with Crippen LogP contribution in [0, 0.1) is 6.92 Å². The second-order valence-corrected chi connectivity index (χ2v) is 4.69. The van der Waals surface area contributed by atoms with Crippen LogP contribution in [-0.4, -0.2) is 9.97 Å². The molecule has 0 aromatic carbocycles. The number of hydrogen-bond donors (Lipinski definition) is 0. The molecule has 0 saturated heterocycles. The fourth-order valence-electron chi connectivity index (χ4n) is 1.33. The maximum Gasteiger partial charge on any atom is 0.146 e. The molecule has 0 fully saturated rings. The van der Waals surface area contributed by atoms with Crippen molar-refractivity contribution in [3.63, 3.8) is 0 Å². The quantitative estimate of drug-likeness (QED) is 0.801. The van der Waals surface area contributed by atoms with E-state index in [0.717, 1.165) is 15.7 Å². The molecule has 0 spiro atoms. The van der Waals surface area contributed by atoms with Crippen molar-refractivity contribution < 1.29 is 4.74 Å². The summed E-state index contributed by atoms with van der Waals surface area (Å²) < 4.78 is 6.61. The molecule has 0 amide bonds. The highest BCUT2D eigenvalue weighted by Crippen LogP contribution is 2.27. The normalized spacial score (nSPS) is 10.3. The number of aryl methyl sites for hydroxylation is 1. The Hall–Kier alpha value is -1.13. The Labute approximate surface area is 113 Å². The Balaban J connectivity index is 2.32. The Morgan fingerprint density at radius 3 is 2.82 bits per heavy atom. The van der Waals surface area contributed by atoms with Gasteiger partial charge in [-0.05, 0) is 28.9 Å². The predicted octanol–water partition coefficient (Wildman–Crippen LogP) is 4.08. The SMILES string of the molecule is Cc1cc(Oc2cncc(Br)c2)c(CCl)cn1. The zero-order chi connectivity index (χ0) is 12.3. The first-order chi connectivity index (χ1) is 8.19. The number of halogens is 2. The summed E-state index contributed by atoms with van der Waals surface area (Å²) in [5, 5.41) is 0. The van der Waals surface area contributed by atoms with E-state index in [-0.39, 0.29) is 0 Å². The van der Waals surface area contributed by atoms with Crippen LogP contribution in [-0.2, 0) is 5.88 Å². The van der Waals surface area contributed by atoms with Gasteiger partial charge in [0.2, 0.25) is 0 Å². The summed E-state index contributed by atoms with van der Waals surface area (Å²) in [5.41, 5.74) is 1.74. The monoisotopic (exact) mass is 312 g/mol. The van der Waals surface area contributed by atoms with Crippen LogP contribution in [0.5, 0.6) is 11.5 Å². The molecule has 0 aliphatic rings. The standard InChI is InChI=1S/C12H10BrClN2O/c1-8-2-12(9(4-14)5-16-8)17-11-3-10(13)6-15-7-11/h2-3,5-7H,4H2,1H3. The van der Waals surface area contributed by atoms with E-state index in [4.69, 9.17) is 16.3 Å². The molecule has 0 saturated carbocycles. The van der Waals surface area contributed by atoms with Crippen LogP contribution in [0.2, 0.25) is 0 Å². The van der Waals surface area contributed by atoms with Crippen molar-refractivity contribution in [2.45, 2.75) is 12.8 Å². The Morgan fingerprint density at radius 1 is 1.29 bits per heavy atom. The fourth-order valence-corrected chi connectivity index (χ4v) is 1.88. The van der Waals surface area contributed by atoms with Crippen LogP contribution < -0.4 is 4.74 Å². The third kappa shape index (κ3) is 3.17. The molecule has 2 rings (SSSR count). The summed E-state index contributed by atoms with van der Waals surface area (Å²) in [6.45, 7) is 1.91. The number of hydrogen-bond acceptors (Lipinski definition) is 3. The molecule has 3 nitrogen and oxygen atoms in total. The highest BCUT2D eigenvalue weighted by atomic mass is 79.9. The zero-order valence-electron chi connectivity index (χ0n) is 9.15. The van der Waals surface area contributed by atoms with Gasteiger partial charge in [-0.25, -0.2) is 0 Å². The van der Waals surface area contributed by atoms with E-state index in [1.54, 1.807) is 18.6 Å². The third-order valence-electron chi connectivity index (χ3n) is 2.13. The van der Waals surface area contributed by atoms with Crippen LogP contribution >= 0.6 is 27.5 Å². The van der Waals surface area contributed by atoms with Crippen molar-refractivity contribution in [3.8, 4) is 11.5 Å².